The highest BCUT2D eigenvalue weighted by molar-refractivity contribution is 5.92. The predicted octanol–water partition coefficient (Wildman–Crippen LogP) is 3.00. The average molecular weight is 330 g/mol. The zero-order chi connectivity index (χ0) is 18.3. The molecule has 23 heavy (non-hydrogen) atoms. The molecule has 0 aliphatic carbocycles. The van der Waals surface area contributed by atoms with Gasteiger partial charge in [0.2, 0.25) is 0 Å². The molecular weight excluding hydrogens is 294 g/mol. The Morgan fingerprint density at radius 3 is 1.87 bits per heavy atom. The first-order valence-corrected chi connectivity index (χ1v) is 8.69. The molecule has 0 fully saturated rings. The second-order valence-corrected chi connectivity index (χ2v) is 7.94. The molecule has 0 aliphatic heterocycles. The van der Waals surface area contributed by atoms with Gasteiger partial charge in [-0.25, -0.2) is 0 Å². The van der Waals surface area contributed by atoms with Gasteiger partial charge in [0, 0.05) is 6.42 Å². The molecule has 0 radical (unpaired) electrons. The van der Waals surface area contributed by atoms with E-state index in [1.165, 1.54) is 12.8 Å². The molecule has 0 bridgehead atoms. The lowest BCUT2D eigenvalue weighted by Gasteiger charge is -2.49. The minimum atomic E-state index is -1.86. The number of quaternary nitrogens is 1. The number of carboxylic acid groups (broad SMARTS) is 1. The van der Waals surface area contributed by atoms with Crippen molar-refractivity contribution in [1.29, 1.82) is 0 Å². The van der Waals surface area contributed by atoms with Crippen LogP contribution >= 0.6 is 0 Å². The minimum Gasteiger partial charge on any atom is -0.481 e. The van der Waals surface area contributed by atoms with Crippen LogP contribution in [0.4, 0.5) is 0 Å². The van der Waals surface area contributed by atoms with Gasteiger partial charge in [-0.1, -0.05) is 39.0 Å². The minimum absolute atomic E-state index is 0.235. The first-order chi connectivity index (χ1) is 10.4. The standard InChI is InChI=1S/C18H35NO4/c1-7-8-9-10-11-12-13-15(20)18(23,14-16(21)22)17(2,3)19(4,5)6/h23H,7-14H2,1-6H3/p+1. The third kappa shape index (κ3) is 5.88. The number of likely N-dealkylation sites (N-methyl/N-ethyl adjacent to an activating group) is 1. The molecule has 0 aromatic carbocycles. The van der Waals surface area contributed by atoms with E-state index in [2.05, 4.69) is 6.92 Å². The van der Waals surface area contributed by atoms with Crippen molar-refractivity contribution in [3.63, 3.8) is 0 Å². The summed E-state index contributed by atoms with van der Waals surface area (Å²) >= 11 is 0. The van der Waals surface area contributed by atoms with Crippen LogP contribution in [0.3, 0.4) is 0 Å². The van der Waals surface area contributed by atoms with Gasteiger partial charge in [0.05, 0.1) is 27.6 Å². The van der Waals surface area contributed by atoms with Crippen LogP contribution in [-0.4, -0.2) is 58.7 Å². The SMILES string of the molecule is CCCCCCCCC(=O)C(O)(CC(=O)O)C(C)(C)[N+](C)(C)C. The number of carbonyl (C=O) groups is 2. The molecule has 1 unspecified atom stereocenters. The van der Waals surface area contributed by atoms with Crippen molar-refractivity contribution in [2.75, 3.05) is 21.1 Å². The number of Topliss-reactive ketones (excluding diaryl/α,β-unsaturated/α-hetero) is 1. The molecule has 1 atom stereocenters. The number of nitrogens with zero attached hydrogens (tertiary/aromatic N) is 1. The molecule has 5 nitrogen and oxygen atoms in total. The Morgan fingerprint density at radius 2 is 1.43 bits per heavy atom. The number of aliphatic carboxylic acids is 1. The Labute approximate surface area is 141 Å². The Kier molecular flexibility index (Phi) is 8.43. The average Bonchev–Trinajstić information content (AvgIpc) is 2.40. The van der Waals surface area contributed by atoms with E-state index in [1.807, 2.05) is 21.1 Å². The maximum atomic E-state index is 12.7. The molecule has 5 heteroatoms. The molecule has 0 rings (SSSR count). The van der Waals surface area contributed by atoms with Crippen LogP contribution in [0.25, 0.3) is 0 Å². The fraction of sp³-hybridized carbons (Fsp3) is 0.889. The number of carbonyl (C=O) groups excluding carboxylic acids is 1. The maximum Gasteiger partial charge on any atom is 0.307 e. The summed E-state index contributed by atoms with van der Waals surface area (Å²) in [6.07, 6.45) is 5.95. The number of rotatable bonds is 12. The highest BCUT2D eigenvalue weighted by atomic mass is 16.4. The zero-order valence-electron chi connectivity index (χ0n) is 15.8. The van der Waals surface area contributed by atoms with Gasteiger partial charge in [0.1, 0.15) is 5.54 Å². The van der Waals surface area contributed by atoms with Crippen LogP contribution in [-0.2, 0) is 9.59 Å². The molecule has 0 saturated heterocycles. The van der Waals surface area contributed by atoms with Gasteiger partial charge >= 0.3 is 5.97 Å². The summed E-state index contributed by atoms with van der Waals surface area (Å²) in [5.41, 5.74) is -2.76. The third-order valence-corrected chi connectivity index (χ3v) is 5.31. The zero-order valence-corrected chi connectivity index (χ0v) is 15.8. The Balaban J connectivity index is 4.96. The Hall–Kier alpha value is -0.940. The quantitative estimate of drug-likeness (QED) is 0.426. The van der Waals surface area contributed by atoms with Crippen molar-refractivity contribution in [3.05, 3.63) is 0 Å². The van der Waals surface area contributed by atoms with E-state index < -0.39 is 23.5 Å². The van der Waals surface area contributed by atoms with E-state index in [4.69, 9.17) is 0 Å². The summed E-state index contributed by atoms with van der Waals surface area (Å²) in [5.74, 6) is -1.50. The molecule has 136 valence electrons. The molecule has 2 N–H and O–H groups in total. The first-order valence-electron chi connectivity index (χ1n) is 8.69. The van der Waals surface area contributed by atoms with Crippen LogP contribution in [0.1, 0.15) is 72.1 Å². The number of ketones is 1. The molecule has 0 heterocycles. The summed E-state index contributed by atoms with van der Waals surface area (Å²) < 4.78 is 0.305. The molecule has 0 amide bonds. The van der Waals surface area contributed by atoms with Crippen molar-refractivity contribution in [2.24, 2.45) is 0 Å². The second-order valence-electron chi connectivity index (χ2n) is 7.94. The number of unbranched alkanes of at least 4 members (excludes halogenated alkanes) is 5. The lowest BCUT2D eigenvalue weighted by molar-refractivity contribution is -0.926. The first kappa shape index (κ1) is 22.1. The Morgan fingerprint density at radius 1 is 0.957 bits per heavy atom. The number of hydrogen-bond acceptors (Lipinski definition) is 3. The highest BCUT2D eigenvalue weighted by Crippen LogP contribution is 2.35. The molecule has 0 spiro atoms. The van der Waals surface area contributed by atoms with E-state index in [0.717, 1.165) is 19.3 Å². The van der Waals surface area contributed by atoms with Gasteiger partial charge < -0.3 is 14.7 Å². The summed E-state index contributed by atoms with van der Waals surface area (Å²) in [4.78, 5) is 23.9. The summed E-state index contributed by atoms with van der Waals surface area (Å²) in [6, 6.07) is 0. The van der Waals surface area contributed by atoms with E-state index in [0.29, 0.717) is 10.9 Å². The van der Waals surface area contributed by atoms with Gasteiger partial charge in [-0.15, -0.1) is 0 Å². The van der Waals surface area contributed by atoms with Gasteiger partial charge in [-0.3, -0.25) is 9.59 Å². The summed E-state index contributed by atoms with van der Waals surface area (Å²) in [6.45, 7) is 5.67. The number of hydrogen-bond donors (Lipinski definition) is 2. The molecule has 0 saturated carbocycles. The summed E-state index contributed by atoms with van der Waals surface area (Å²) in [5, 5.41) is 20.2. The largest absolute Gasteiger partial charge is 0.481 e. The van der Waals surface area contributed by atoms with Crippen LogP contribution < -0.4 is 0 Å². The molecular formula is C18H36NO4+. The Bertz CT molecular complexity index is 398. The van der Waals surface area contributed by atoms with Crippen molar-refractivity contribution in [1.82, 2.24) is 0 Å². The van der Waals surface area contributed by atoms with Crippen molar-refractivity contribution in [2.45, 2.75) is 83.3 Å². The van der Waals surface area contributed by atoms with Crippen LogP contribution in [0.5, 0.6) is 0 Å². The summed E-state index contributed by atoms with van der Waals surface area (Å²) in [7, 11) is 5.60. The van der Waals surface area contributed by atoms with E-state index in [9.17, 15) is 19.8 Å². The maximum absolute atomic E-state index is 12.7. The lowest BCUT2D eigenvalue weighted by Crippen LogP contribution is -2.69. The molecule has 0 aliphatic rings. The smallest absolute Gasteiger partial charge is 0.307 e. The van der Waals surface area contributed by atoms with E-state index >= 15 is 0 Å². The van der Waals surface area contributed by atoms with Gasteiger partial charge in [-0.05, 0) is 20.3 Å². The predicted molar refractivity (Wildman–Crippen MR) is 92.3 cm³/mol. The van der Waals surface area contributed by atoms with Gasteiger partial charge in [-0.2, -0.15) is 0 Å². The van der Waals surface area contributed by atoms with Crippen molar-refractivity contribution in [3.8, 4) is 0 Å². The number of aliphatic hydroxyl groups is 1. The highest BCUT2D eigenvalue weighted by Gasteiger charge is 2.57. The normalized spacial score (nSPS) is 15.3. The van der Waals surface area contributed by atoms with Crippen molar-refractivity contribution < 1.29 is 24.3 Å². The van der Waals surface area contributed by atoms with Crippen LogP contribution in [0.15, 0.2) is 0 Å². The monoisotopic (exact) mass is 330 g/mol. The van der Waals surface area contributed by atoms with Gasteiger partial charge in [0.15, 0.2) is 11.4 Å². The van der Waals surface area contributed by atoms with Gasteiger partial charge in [0.25, 0.3) is 0 Å². The van der Waals surface area contributed by atoms with Crippen molar-refractivity contribution >= 4 is 11.8 Å². The van der Waals surface area contributed by atoms with E-state index in [-0.39, 0.29) is 12.2 Å². The fourth-order valence-electron chi connectivity index (χ4n) is 2.70. The number of carboxylic acids is 1. The third-order valence-electron chi connectivity index (χ3n) is 5.31. The van der Waals surface area contributed by atoms with Crippen LogP contribution in [0.2, 0.25) is 0 Å². The lowest BCUT2D eigenvalue weighted by atomic mass is 9.73. The molecule has 0 aromatic heterocycles. The van der Waals surface area contributed by atoms with Crippen LogP contribution in [0, 0.1) is 0 Å². The fourth-order valence-corrected chi connectivity index (χ4v) is 2.70. The molecule has 0 aromatic rings. The topological polar surface area (TPSA) is 74.6 Å². The second kappa shape index (κ2) is 8.78. The van der Waals surface area contributed by atoms with E-state index in [1.54, 1.807) is 13.8 Å².